The maximum atomic E-state index is 13.0. The van der Waals surface area contributed by atoms with Crippen molar-refractivity contribution in [1.29, 1.82) is 0 Å². The van der Waals surface area contributed by atoms with E-state index in [0.717, 1.165) is 29.0 Å². The van der Waals surface area contributed by atoms with Gasteiger partial charge in [0.05, 0.1) is 19.5 Å². The van der Waals surface area contributed by atoms with Crippen molar-refractivity contribution in [3.05, 3.63) is 24.3 Å². The van der Waals surface area contributed by atoms with Crippen LogP contribution in [0.5, 0.6) is 0 Å². The minimum absolute atomic E-state index is 0.00558. The van der Waals surface area contributed by atoms with Crippen LogP contribution in [0.4, 0.5) is 5.82 Å². The number of carboxylic acids is 2. The highest BCUT2D eigenvalue weighted by Crippen LogP contribution is 2.61. The molecule has 0 spiro atoms. The Kier molecular flexibility index (Phi) is 26.7. The Morgan fingerprint density at radius 2 is 1.61 bits per heavy atom. The van der Waals surface area contributed by atoms with Gasteiger partial charge >= 0.3 is 35.4 Å². The first kappa shape index (κ1) is 66.8. The molecule has 4 amide bonds. The third-order valence-electron chi connectivity index (χ3n) is 10.5. The normalized spacial score (nSPS) is 19.8. The predicted molar refractivity (Wildman–Crippen MR) is 269 cm³/mol. The monoisotopic (exact) mass is 1200 g/mol. The molecule has 2 aromatic rings. The standard InChI is InChI=1S/C39H63N10O23P3S2/c1-4-6-21(7-5-13-76-17-23(34(56)44-15-27(52)53)48-26(51)9-8-22(40)37(58)59)38(60)77-14-12-42-25(50)10-11-43-35(57)31(55)39(2,3)18-69-75(66,67)72-74(64,65)68-16-24-30(71-73(61,62)63)29(54)36(70-24)49-20-47-28-32(41)45-19-46-33(28)49/h7,19-20,22-24,29-31,36,54-55H,4-6,8-18,40H2,1-3H3,(H,42,50)(H,43,57)(H,44,56)(H,48,51)(H,52,53)(H,58,59)(H,64,65)(H,66,67)(H2,41,45,46)(H2,61,62,63)/b21-7+/t22-,23-,24+,29+,30+,31-,36+/m0/s1. The zero-order chi connectivity index (χ0) is 57.9. The number of aliphatic carboxylic acids is 2. The molecule has 0 aromatic carbocycles. The number of hydrogen-bond acceptors (Lipinski definition) is 24. The third kappa shape index (κ3) is 23.0. The molecule has 3 rings (SSSR count). The van der Waals surface area contributed by atoms with Gasteiger partial charge in [-0.3, -0.25) is 51.7 Å². The van der Waals surface area contributed by atoms with E-state index in [-0.39, 0.29) is 66.0 Å². The lowest BCUT2D eigenvalue weighted by atomic mass is 9.87. The number of nitrogens with zero attached hydrogens (tertiary/aromatic N) is 4. The molecule has 9 atom stereocenters. The molecule has 0 aliphatic carbocycles. The molecule has 38 heteroatoms. The number of carbonyl (C=O) groups is 7. The number of imidazole rings is 1. The van der Waals surface area contributed by atoms with Crippen molar-refractivity contribution in [2.24, 2.45) is 11.1 Å². The van der Waals surface area contributed by atoms with Crippen LogP contribution in [-0.4, -0.2) is 187 Å². The van der Waals surface area contributed by atoms with Crippen molar-refractivity contribution in [1.82, 2.24) is 40.8 Å². The number of allylic oxidation sites excluding steroid dienone is 1. The number of carboxylic acid groups (broad SMARTS) is 2. The van der Waals surface area contributed by atoms with E-state index < -0.39 is 127 Å². The fraction of sp³-hybridized carbons (Fsp3) is 0.641. The van der Waals surface area contributed by atoms with E-state index in [0.29, 0.717) is 30.6 Å². The number of hydrogen-bond donors (Lipinski definition) is 14. The summed E-state index contributed by atoms with van der Waals surface area (Å²) in [5.41, 5.74) is 10.1. The van der Waals surface area contributed by atoms with Gasteiger partial charge in [0.25, 0.3) is 0 Å². The van der Waals surface area contributed by atoms with Crippen LogP contribution in [0.25, 0.3) is 11.2 Å². The number of carbonyl (C=O) groups excluding carboxylic acids is 5. The number of aromatic nitrogens is 4. The van der Waals surface area contributed by atoms with Gasteiger partial charge in [-0.15, -0.1) is 0 Å². The first-order valence-corrected chi connectivity index (χ1v) is 29.6. The summed E-state index contributed by atoms with van der Waals surface area (Å²) >= 11 is 2.18. The summed E-state index contributed by atoms with van der Waals surface area (Å²) in [7, 11) is -16.6. The van der Waals surface area contributed by atoms with E-state index in [4.69, 9.17) is 35.5 Å². The van der Waals surface area contributed by atoms with E-state index in [9.17, 15) is 77.0 Å². The Morgan fingerprint density at radius 3 is 2.26 bits per heavy atom. The number of anilines is 1. The Labute approximate surface area is 447 Å². The van der Waals surface area contributed by atoms with E-state index >= 15 is 0 Å². The number of aliphatic hydroxyl groups is 2. The molecule has 1 aliphatic rings. The van der Waals surface area contributed by atoms with E-state index in [2.05, 4.69) is 45.1 Å². The molecule has 1 fully saturated rings. The number of fused-ring (bicyclic) bond motifs is 1. The topological polar surface area (TPSA) is 522 Å². The van der Waals surface area contributed by atoms with Crippen LogP contribution in [0.1, 0.15) is 65.5 Å². The average Bonchev–Trinajstić information content (AvgIpc) is 3.90. The molecule has 77 heavy (non-hydrogen) atoms. The average molecular weight is 1200 g/mol. The number of phosphoric ester groups is 3. The van der Waals surface area contributed by atoms with E-state index in [1.54, 1.807) is 6.08 Å². The van der Waals surface area contributed by atoms with Crippen molar-refractivity contribution < 1.29 is 110 Å². The number of ether oxygens (including phenoxy) is 1. The Bertz CT molecular complexity index is 2570. The van der Waals surface area contributed by atoms with Crippen LogP contribution >= 0.6 is 47.0 Å². The van der Waals surface area contributed by atoms with Crippen molar-refractivity contribution >= 4 is 105 Å². The number of amides is 4. The van der Waals surface area contributed by atoms with Crippen LogP contribution in [0.2, 0.25) is 0 Å². The van der Waals surface area contributed by atoms with Gasteiger partial charge in [-0.05, 0) is 25.0 Å². The van der Waals surface area contributed by atoms with Crippen LogP contribution in [-0.2, 0) is 69.9 Å². The van der Waals surface area contributed by atoms with Gasteiger partial charge in [0.1, 0.15) is 54.9 Å². The van der Waals surface area contributed by atoms with Crippen molar-refractivity contribution in [2.75, 3.05) is 55.8 Å². The molecule has 1 saturated heterocycles. The zero-order valence-corrected chi connectivity index (χ0v) is 45.8. The van der Waals surface area contributed by atoms with Gasteiger partial charge in [0.15, 0.2) is 17.7 Å². The molecular formula is C39H63N10O23P3S2. The number of nitrogen functional groups attached to an aromatic ring is 1. The molecule has 2 unspecified atom stereocenters. The largest absolute Gasteiger partial charge is 0.481 e. The number of aliphatic hydroxyl groups excluding tert-OH is 2. The minimum atomic E-state index is -5.63. The Hall–Kier alpha value is -4.51. The molecular weight excluding hydrogens is 1130 g/mol. The molecule has 33 nitrogen and oxygen atoms in total. The summed E-state index contributed by atoms with van der Waals surface area (Å²) < 4.78 is 62.5. The molecule has 2 aromatic heterocycles. The highest BCUT2D eigenvalue weighted by molar-refractivity contribution is 8.14. The van der Waals surface area contributed by atoms with Gasteiger partial charge in [-0.2, -0.15) is 16.1 Å². The number of rotatable bonds is 35. The summed E-state index contributed by atoms with van der Waals surface area (Å²) in [4.78, 5) is 136. The first-order valence-electron chi connectivity index (χ1n) is 23.0. The van der Waals surface area contributed by atoms with Crippen LogP contribution < -0.4 is 32.7 Å². The predicted octanol–water partition coefficient (Wildman–Crippen LogP) is -1.61. The minimum Gasteiger partial charge on any atom is -0.480 e. The number of nitrogens with two attached hydrogens (primary N) is 2. The van der Waals surface area contributed by atoms with Gasteiger partial charge in [-0.1, -0.05) is 45.0 Å². The fourth-order valence-electron chi connectivity index (χ4n) is 6.59. The molecule has 0 saturated carbocycles. The molecule has 0 radical (unpaired) electrons. The smallest absolute Gasteiger partial charge is 0.480 e. The fourth-order valence-corrected chi connectivity index (χ4v) is 11.1. The summed E-state index contributed by atoms with van der Waals surface area (Å²) in [6.07, 6.45) is -4.57. The third-order valence-corrected chi connectivity index (χ3v) is 15.6. The Balaban J connectivity index is 1.41. The number of phosphoric acid groups is 3. The second kappa shape index (κ2) is 30.7. The number of nitrogens with one attached hydrogen (secondary N) is 4. The molecule has 434 valence electrons. The molecule has 0 bridgehead atoms. The second-order valence-corrected chi connectivity index (χ2v) is 23.7. The lowest BCUT2D eigenvalue weighted by molar-refractivity contribution is -0.139. The van der Waals surface area contributed by atoms with Crippen molar-refractivity contribution in [3.8, 4) is 0 Å². The first-order chi connectivity index (χ1) is 35.9. The zero-order valence-electron chi connectivity index (χ0n) is 41.5. The van der Waals surface area contributed by atoms with Crippen molar-refractivity contribution in [3.63, 3.8) is 0 Å². The highest BCUT2D eigenvalue weighted by Gasteiger charge is 2.50. The van der Waals surface area contributed by atoms with E-state index in [1.165, 1.54) is 25.6 Å². The van der Waals surface area contributed by atoms with Gasteiger partial charge in [0, 0.05) is 48.4 Å². The maximum Gasteiger partial charge on any atom is 0.481 e. The molecule has 1 aliphatic heterocycles. The summed E-state index contributed by atoms with van der Waals surface area (Å²) in [6.45, 7) is 1.26. The van der Waals surface area contributed by atoms with E-state index in [1.807, 2.05) is 6.92 Å². The van der Waals surface area contributed by atoms with Crippen molar-refractivity contribution in [2.45, 2.75) is 102 Å². The molecule has 16 N–H and O–H groups in total. The summed E-state index contributed by atoms with van der Waals surface area (Å²) in [6, 6.07) is -2.43. The van der Waals surface area contributed by atoms with Crippen LogP contribution in [0.3, 0.4) is 0 Å². The van der Waals surface area contributed by atoms with Crippen LogP contribution in [0, 0.1) is 5.41 Å². The number of thioether (sulfide) groups is 2. The van der Waals surface area contributed by atoms with Gasteiger partial charge < -0.3 is 77.5 Å². The second-order valence-electron chi connectivity index (χ2n) is 17.3. The molecule has 3 heterocycles. The SMILES string of the molecule is CCC/C(=C\CCSC[C@H](NC(=O)CC[C@H](N)C(=O)O)C(=O)NCC(=O)O)C(=O)SCCNC(=O)CCNC(=O)[C@H](O)C(C)(C)COP(=O)(O)OP(=O)(O)OC[C@H]1O[C@@H](n2cnc3c(N)ncnc32)[C@H](O)[C@@H]1OP(=O)(O)O. The maximum absolute atomic E-state index is 13.0. The van der Waals surface area contributed by atoms with Gasteiger partial charge in [0.2, 0.25) is 28.7 Å². The van der Waals surface area contributed by atoms with Crippen LogP contribution in [0.15, 0.2) is 24.3 Å². The Morgan fingerprint density at radius 1 is 0.922 bits per heavy atom. The summed E-state index contributed by atoms with van der Waals surface area (Å²) in [5.74, 6) is -5.06. The summed E-state index contributed by atoms with van der Waals surface area (Å²) in [5, 5.41) is 48.8. The lowest BCUT2D eigenvalue weighted by Crippen LogP contribution is -2.49. The quantitative estimate of drug-likeness (QED) is 0.0210. The lowest BCUT2D eigenvalue weighted by Gasteiger charge is -2.30. The van der Waals surface area contributed by atoms with Gasteiger partial charge in [-0.25, -0.2) is 28.6 Å². The highest BCUT2D eigenvalue weighted by atomic mass is 32.2.